The monoisotopic (exact) mass is 864 g/mol. The molecule has 0 saturated heterocycles. The van der Waals surface area contributed by atoms with Crippen LogP contribution in [0.5, 0.6) is 0 Å². The first-order valence-electron chi connectivity index (χ1n) is 24.4. The summed E-state index contributed by atoms with van der Waals surface area (Å²) in [5, 5.41) is 2.52. The number of aromatic nitrogens is 1. The lowest BCUT2D eigenvalue weighted by Gasteiger charge is -2.50. The highest BCUT2D eigenvalue weighted by molar-refractivity contribution is 6.09. The van der Waals surface area contributed by atoms with Gasteiger partial charge in [0.2, 0.25) is 0 Å². The van der Waals surface area contributed by atoms with Crippen LogP contribution in [0.3, 0.4) is 0 Å². The van der Waals surface area contributed by atoms with Crippen LogP contribution < -0.4 is 4.90 Å². The Kier molecular flexibility index (Phi) is 10.5. The fraction of sp³-hybridized carbons (Fsp3) is 0.169. The van der Waals surface area contributed by atoms with Crippen LogP contribution in [-0.4, -0.2) is 4.57 Å². The topological polar surface area (TPSA) is 8.17 Å². The van der Waals surface area contributed by atoms with Crippen LogP contribution in [0.1, 0.15) is 51.5 Å². The van der Waals surface area contributed by atoms with Gasteiger partial charge < -0.3 is 9.47 Å². The number of anilines is 3. The van der Waals surface area contributed by atoms with Gasteiger partial charge in [-0.1, -0.05) is 178 Å². The van der Waals surface area contributed by atoms with Crippen molar-refractivity contribution >= 4 is 38.9 Å². The number of para-hydroxylation sites is 3. The molecular formula is C65H56N2. The molecule has 2 aliphatic rings. The van der Waals surface area contributed by atoms with Crippen molar-refractivity contribution in [1.29, 1.82) is 0 Å². The molecule has 0 aliphatic heterocycles. The van der Waals surface area contributed by atoms with Gasteiger partial charge in [-0.25, -0.2) is 0 Å². The minimum absolute atomic E-state index is 0.335. The van der Waals surface area contributed by atoms with Gasteiger partial charge in [0, 0.05) is 33.4 Å². The van der Waals surface area contributed by atoms with Crippen LogP contribution in [0.4, 0.5) is 17.1 Å². The summed E-state index contributed by atoms with van der Waals surface area (Å²) in [6.45, 7) is 4.97. The Hall–Kier alpha value is -7.42. The van der Waals surface area contributed by atoms with Crippen LogP contribution >= 0.6 is 0 Å². The minimum atomic E-state index is 0.335. The third kappa shape index (κ3) is 7.65. The molecule has 10 aromatic rings. The summed E-state index contributed by atoms with van der Waals surface area (Å²) in [5.74, 6) is 2.48. The number of hydrogen-bond acceptors (Lipinski definition) is 1. The molecule has 2 atom stereocenters. The maximum Gasteiger partial charge on any atom is 0.0541 e. The van der Waals surface area contributed by atoms with Crippen molar-refractivity contribution < 1.29 is 0 Å². The highest BCUT2D eigenvalue weighted by Gasteiger charge is 2.45. The largest absolute Gasteiger partial charge is 0.310 e. The third-order valence-electron chi connectivity index (χ3n) is 15.2. The predicted octanol–water partition coefficient (Wildman–Crippen LogP) is 18.0. The number of rotatable bonds is 9. The van der Waals surface area contributed by atoms with Crippen molar-refractivity contribution in [2.75, 3.05) is 4.90 Å². The zero-order valence-electron chi connectivity index (χ0n) is 38.5. The number of benzene rings is 9. The summed E-state index contributed by atoms with van der Waals surface area (Å²) in [5.41, 5.74) is 18.5. The summed E-state index contributed by atoms with van der Waals surface area (Å²) in [6, 6.07) is 83.0. The van der Waals surface area contributed by atoms with Gasteiger partial charge in [-0.15, -0.1) is 0 Å². The molecule has 2 nitrogen and oxygen atoms in total. The average Bonchev–Trinajstić information content (AvgIpc) is 3.71. The molecule has 9 aromatic carbocycles. The van der Waals surface area contributed by atoms with E-state index in [-0.39, 0.29) is 0 Å². The van der Waals surface area contributed by atoms with E-state index in [4.69, 9.17) is 0 Å². The van der Waals surface area contributed by atoms with Crippen molar-refractivity contribution in [2.45, 2.75) is 51.4 Å². The van der Waals surface area contributed by atoms with Gasteiger partial charge in [-0.05, 0) is 160 Å². The normalized spacial score (nSPS) is 19.1. The third-order valence-corrected chi connectivity index (χ3v) is 15.2. The van der Waals surface area contributed by atoms with Crippen LogP contribution in [0, 0.1) is 17.8 Å². The Morgan fingerprint density at radius 1 is 0.388 bits per heavy atom. The van der Waals surface area contributed by atoms with E-state index in [2.05, 4.69) is 248 Å². The van der Waals surface area contributed by atoms with Crippen molar-refractivity contribution in [3.05, 3.63) is 230 Å². The molecule has 0 spiro atoms. The van der Waals surface area contributed by atoms with Gasteiger partial charge in [0.25, 0.3) is 0 Å². The zero-order chi connectivity index (χ0) is 44.9. The van der Waals surface area contributed by atoms with Crippen molar-refractivity contribution in [2.24, 2.45) is 17.8 Å². The van der Waals surface area contributed by atoms with E-state index in [1.165, 1.54) is 92.9 Å². The van der Waals surface area contributed by atoms with E-state index in [0.717, 1.165) is 46.1 Å². The maximum atomic E-state index is 2.48. The summed E-state index contributed by atoms with van der Waals surface area (Å²) in [7, 11) is 0. The second-order valence-corrected chi connectivity index (χ2v) is 19.8. The zero-order valence-corrected chi connectivity index (χ0v) is 38.5. The van der Waals surface area contributed by atoms with E-state index >= 15 is 0 Å². The molecule has 2 heteroatoms. The first-order valence-corrected chi connectivity index (χ1v) is 24.4. The number of fused-ring (bicyclic) bond motifs is 5. The van der Waals surface area contributed by atoms with Gasteiger partial charge in [-0.3, -0.25) is 0 Å². The molecule has 12 rings (SSSR count). The summed E-state index contributed by atoms with van der Waals surface area (Å²) in [6.07, 6.45) is 6.82. The number of nitrogens with zero attached hydrogens (tertiary/aromatic N) is 2. The molecule has 1 heterocycles. The van der Waals surface area contributed by atoms with Crippen LogP contribution in [0.25, 0.3) is 72.0 Å². The van der Waals surface area contributed by atoms with E-state index in [0.29, 0.717) is 5.41 Å². The molecule has 2 bridgehead atoms. The Bertz CT molecular complexity index is 3290. The van der Waals surface area contributed by atoms with Crippen molar-refractivity contribution in [1.82, 2.24) is 4.57 Å². The van der Waals surface area contributed by atoms with Gasteiger partial charge in [0.05, 0.1) is 16.7 Å². The molecule has 67 heavy (non-hydrogen) atoms. The van der Waals surface area contributed by atoms with E-state index < -0.39 is 0 Å². The molecule has 2 aliphatic carbocycles. The Morgan fingerprint density at radius 2 is 0.866 bits per heavy atom. The fourth-order valence-corrected chi connectivity index (χ4v) is 12.5. The molecule has 326 valence electrons. The minimum Gasteiger partial charge on any atom is -0.310 e. The van der Waals surface area contributed by atoms with E-state index in [9.17, 15) is 0 Å². The molecule has 0 N–H and O–H groups in total. The molecule has 0 unspecified atom stereocenters. The van der Waals surface area contributed by atoms with Gasteiger partial charge in [0.15, 0.2) is 0 Å². The molecular weight excluding hydrogens is 809 g/mol. The second kappa shape index (κ2) is 17.1. The van der Waals surface area contributed by atoms with Crippen LogP contribution in [0.15, 0.2) is 224 Å². The smallest absolute Gasteiger partial charge is 0.0541 e. The molecule has 2 saturated carbocycles. The van der Waals surface area contributed by atoms with Crippen molar-refractivity contribution in [3.63, 3.8) is 0 Å². The highest BCUT2D eigenvalue weighted by atomic mass is 15.1. The Labute approximate surface area is 395 Å². The summed E-state index contributed by atoms with van der Waals surface area (Å²) >= 11 is 0. The second-order valence-electron chi connectivity index (χ2n) is 19.8. The standard InChI is InChI=1S/C65H56N2/c1-45-38-47-39-46(2)43-65(42-45,44-47)55-32-26-49(27-33-55)50-28-34-56(35-29-50)66(57-36-30-51(31-37-57)53-17-12-16-52(40-53)48-14-4-3-5-15-48)58-19-13-18-54(41-58)59-20-6-9-23-62(59)67-63-24-10-7-21-60(63)61-22-8-11-25-64(61)67/h3-37,40-41,45-47H,38-39,42-44H2,1-2H3/t45-,46-,47?,65?/m0/s1. The lowest BCUT2D eigenvalue weighted by atomic mass is 9.54. The fourth-order valence-electron chi connectivity index (χ4n) is 12.5. The first-order chi connectivity index (χ1) is 33.0. The predicted molar refractivity (Wildman–Crippen MR) is 284 cm³/mol. The van der Waals surface area contributed by atoms with Crippen molar-refractivity contribution in [3.8, 4) is 50.2 Å². The summed E-state index contributed by atoms with van der Waals surface area (Å²) < 4.78 is 2.43. The highest BCUT2D eigenvalue weighted by Crippen LogP contribution is 2.54. The Morgan fingerprint density at radius 3 is 1.49 bits per heavy atom. The molecule has 1 aromatic heterocycles. The maximum absolute atomic E-state index is 2.48. The average molecular weight is 865 g/mol. The van der Waals surface area contributed by atoms with Gasteiger partial charge in [0.1, 0.15) is 0 Å². The Balaban J connectivity index is 0.924. The lowest BCUT2D eigenvalue weighted by molar-refractivity contribution is 0.0780. The first kappa shape index (κ1) is 41.0. The summed E-state index contributed by atoms with van der Waals surface area (Å²) in [4.78, 5) is 2.41. The van der Waals surface area contributed by atoms with E-state index in [1.54, 1.807) is 5.56 Å². The molecule has 0 radical (unpaired) electrons. The molecule has 2 fully saturated rings. The SMILES string of the molecule is C[C@H]1CC2C[C@H](C)CC(c3ccc(-c4ccc(N(c5ccc(-c6cccc(-c7ccccc7)c6)cc5)c5cccc(-c6ccccc6-n6c7ccccc7c7ccccc76)c5)cc4)cc3)(C2)C1. The quantitative estimate of drug-likeness (QED) is 0.140. The van der Waals surface area contributed by atoms with Gasteiger partial charge in [-0.2, -0.15) is 0 Å². The number of hydrogen-bond donors (Lipinski definition) is 0. The van der Waals surface area contributed by atoms with Crippen LogP contribution in [0.2, 0.25) is 0 Å². The van der Waals surface area contributed by atoms with Gasteiger partial charge >= 0.3 is 0 Å². The van der Waals surface area contributed by atoms with E-state index in [1.807, 2.05) is 0 Å². The molecule has 0 amide bonds. The lowest BCUT2D eigenvalue weighted by Crippen LogP contribution is -2.42. The van der Waals surface area contributed by atoms with Crippen LogP contribution in [-0.2, 0) is 5.41 Å².